The standard InChI is InChI=1S/C22H29N5O3/c1-14-19(15(2)30-24-14)20(28)27-12-22(9-18(27)17-11-25(3)13-23-17)7-4-8-26(21(22)29)10-16-5-6-16/h11,13,16,18H,4-10,12H2,1-3H3/t18-,22-/m0/s1. The monoisotopic (exact) mass is 411 g/mol. The molecule has 8 nitrogen and oxygen atoms in total. The topological polar surface area (TPSA) is 84.5 Å². The minimum absolute atomic E-state index is 0.120. The molecule has 8 heteroatoms. The zero-order chi connectivity index (χ0) is 21.0. The maximum absolute atomic E-state index is 13.6. The van der Waals surface area contributed by atoms with Gasteiger partial charge in [-0.3, -0.25) is 9.59 Å². The number of carbonyl (C=O) groups excluding carboxylic acids is 2. The molecule has 0 aromatic carbocycles. The molecular weight excluding hydrogens is 382 g/mol. The van der Waals surface area contributed by atoms with Crippen LogP contribution in [0.4, 0.5) is 0 Å². The van der Waals surface area contributed by atoms with E-state index in [1.807, 2.05) is 22.7 Å². The normalized spacial score (nSPS) is 26.8. The van der Waals surface area contributed by atoms with Crippen LogP contribution in [0.15, 0.2) is 17.0 Å². The van der Waals surface area contributed by atoms with Gasteiger partial charge in [0.25, 0.3) is 5.91 Å². The van der Waals surface area contributed by atoms with E-state index in [-0.39, 0.29) is 17.9 Å². The van der Waals surface area contributed by atoms with Gasteiger partial charge in [-0.05, 0) is 51.9 Å². The minimum Gasteiger partial charge on any atom is -0.361 e. The summed E-state index contributed by atoms with van der Waals surface area (Å²) in [6.45, 7) is 5.68. The largest absolute Gasteiger partial charge is 0.361 e. The van der Waals surface area contributed by atoms with Crippen molar-refractivity contribution in [3.05, 3.63) is 35.2 Å². The lowest BCUT2D eigenvalue weighted by molar-refractivity contribution is -0.145. The van der Waals surface area contributed by atoms with Gasteiger partial charge < -0.3 is 18.9 Å². The Balaban J connectivity index is 1.50. The van der Waals surface area contributed by atoms with Crippen LogP contribution in [-0.2, 0) is 11.8 Å². The fourth-order valence-electron chi connectivity index (χ4n) is 5.27. The van der Waals surface area contributed by atoms with E-state index in [9.17, 15) is 9.59 Å². The van der Waals surface area contributed by atoms with Gasteiger partial charge in [-0.15, -0.1) is 0 Å². The van der Waals surface area contributed by atoms with Crippen molar-refractivity contribution in [1.82, 2.24) is 24.5 Å². The quantitative estimate of drug-likeness (QED) is 0.772. The number of piperidine rings is 1. The Hall–Kier alpha value is -2.64. The van der Waals surface area contributed by atoms with Crippen molar-refractivity contribution < 1.29 is 14.1 Å². The van der Waals surface area contributed by atoms with Gasteiger partial charge in [0.05, 0.1) is 29.2 Å². The number of aryl methyl sites for hydroxylation is 3. The van der Waals surface area contributed by atoms with E-state index in [1.54, 1.807) is 20.2 Å². The summed E-state index contributed by atoms with van der Waals surface area (Å²) < 4.78 is 7.14. The van der Waals surface area contributed by atoms with Crippen molar-refractivity contribution in [1.29, 1.82) is 0 Å². The predicted molar refractivity (Wildman–Crippen MR) is 109 cm³/mol. The van der Waals surface area contributed by atoms with Crippen LogP contribution in [0.1, 0.15) is 65.7 Å². The van der Waals surface area contributed by atoms with Gasteiger partial charge in [0.2, 0.25) is 5.91 Å². The molecule has 2 atom stereocenters. The molecule has 2 saturated heterocycles. The number of aromatic nitrogens is 3. The van der Waals surface area contributed by atoms with Gasteiger partial charge in [0.15, 0.2) is 0 Å². The number of hydrogen-bond acceptors (Lipinski definition) is 5. The Morgan fingerprint density at radius 1 is 1.33 bits per heavy atom. The van der Waals surface area contributed by atoms with Crippen molar-refractivity contribution in [2.45, 2.75) is 52.0 Å². The lowest BCUT2D eigenvalue weighted by atomic mass is 9.76. The van der Waals surface area contributed by atoms with Gasteiger partial charge >= 0.3 is 0 Å². The van der Waals surface area contributed by atoms with Crippen LogP contribution in [0.2, 0.25) is 0 Å². The van der Waals surface area contributed by atoms with Gasteiger partial charge in [-0.2, -0.15) is 0 Å². The minimum atomic E-state index is -0.524. The van der Waals surface area contributed by atoms with E-state index in [4.69, 9.17) is 4.52 Å². The Kier molecular flexibility index (Phi) is 4.48. The first-order chi connectivity index (χ1) is 14.4. The number of carbonyl (C=O) groups is 2. The van der Waals surface area contributed by atoms with Gasteiger partial charge in [-0.25, -0.2) is 4.98 Å². The second-order valence-corrected chi connectivity index (χ2v) is 9.39. The molecule has 0 radical (unpaired) electrons. The first-order valence-corrected chi connectivity index (χ1v) is 10.9. The maximum Gasteiger partial charge on any atom is 0.259 e. The van der Waals surface area contributed by atoms with Crippen molar-refractivity contribution in [2.24, 2.45) is 18.4 Å². The van der Waals surface area contributed by atoms with Crippen molar-refractivity contribution in [2.75, 3.05) is 19.6 Å². The molecule has 0 bridgehead atoms. The summed E-state index contributed by atoms with van der Waals surface area (Å²) in [7, 11) is 1.92. The molecule has 5 rings (SSSR count). The summed E-state index contributed by atoms with van der Waals surface area (Å²) in [6.07, 6.45) is 8.59. The molecule has 3 fully saturated rings. The van der Waals surface area contributed by atoms with E-state index in [0.717, 1.165) is 31.6 Å². The highest BCUT2D eigenvalue weighted by Crippen LogP contribution is 2.49. The first kappa shape index (κ1) is 19.3. The summed E-state index contributed by atoms with van der Waals surface area (Å²) in [4.78, 5) is 35.7. The van der Waals surface area contributed by atoms with E-state index in [2.05, 4.69) is 15.0 Å². The van der Waals surface area contributed by atoms with E-state index >= 15 is 0 Å². The van der Waals surface area contributed by atoms with E-state index in [1.165, 1.54) is 12.8 Å². The predicted octanol–water partition coefficient (Wildman–Crippen LogP) is 2.63. The fourth-order valence-corrected chi connectivity index (χ4v) is 5.27. The molecule has 0 unspecified atom stereocenters. The third-order valence-electron chi connectivity index (χ3n) is 7.01. The second kappa shape index (κ2) is 6.96. The number of rotatable bonds is 4. The Morgan fingerprint density at radius 3 is 2.77 bits per heavy atom. The first-order valence-electron chi connectivity index (χ1n) is 10.9. The van der Waals surface area contributed by atoms with E-state index in [0.29, 0.717) is 35.9 Å². The second-order valence-electron chi connectivity index (χ2n) is 9.39. The number of amides is 2. The number of imidazole rings is 1. The average Bonchev–Trinajstić information content (AvgIpc) is 3.13. The fraction of sp³-hybridized carbons (Fsp3) is 0.636. The third kappa shape index (κ3) is 3.13. The molecule has 1 spiro atoms. The van der Waals surface area contributed by atoms with Crippen LogP contribution < -0.4 is 0 Å². The number of nitrogens with zero attached hydrogens (tertiary/aromatic N) is 5. The molecule has 2 aromatic heterocycles. The molecule has 1 saturated carbocycles. The highest BCUT2D eigenvalue weighted by Gasteiger charge is 2.55. The summed E-state index contributed by atoms with van der Waals surface area (Å²) in [5, 5.41) is 3.96. The number of hydrogen-bond donors (Lipinski definition) is 0. The zero-order valence-corrected chi connectivity index (χ0v) is 17.9. The molecule has 2 aromatic rings. The van der Waals surface area contributed by atoms with Crippen molar-refractivity contribution >= 4 is 11.8 Å². The lowest BCUT2D eigenvalue weighted by Crippen LogP contribution is -2.51. The highest BCUT2D eigenvalue weighted by atomic mass is 16.5. The van der Waals surface area contributed by atoms with Crippen LogP contribution in [0.5, 0.6) is 0 Å². The van der Waals surface area contributed by atoms with Gasteiger partial charge in [0.1, 0.15) is 11.3 Å². The van der Waals surface area contributed by atoms with Crippen LogP contribution in [0.25, 0.3) is 0 Å². The molecule has 2 aliphatic heterocycles. The van der Waals surface area contributed by atoms with Crippen LogP contribution in [0.3, 0.4) is 0 Å². The molecule has 2 amide bonds. The third-order valence-corrected chi connectivity index (χ3v) is 7.01. The van der Waals surface area contributed by atoms with Gasteiger partial charge in [0, 0.05) is 32.9 Å². The molecule has 1 aliphatic carbocycles. The molecule has 30 heavy (non-hydrogen) atoms. The van der Waals surface area contributed by atoms with E-state index < -0.39 is 5.41 Å². The summed E-state index contributed by atoms with van der Waals surface area (Å²) in [5.41, 5.74) is 1.40. The van der Waals surface area contributed by atoms with Crippen molar-refractivity contribution in [3.63, 3.8) is 0 Å². The van der Waals surface area contributed by atoms with Crippen LogP contribution in [-0.4, -0.2) is 56.0 Å². The molecule has 160 valence electrons. The smallest absolute Gasteiger partial charge is 0.259 e. The Labute approximate surface area is 176 Å². The SMILES string of the molecule is Cc1noc(C)c1C(=O)N1C[C@]2(CCCN(CC3CC3)C2=O)C[C@H]1c1cn(C)cn1. The summed E-state index contributed by atoms with van der Waals surface area (Å²) >= 11 is 0. The zero-order valence-electron chi connectivity index (χ0n) is 17.9. The number of likely N-dealkylation sites (tertiary alicyclic amines) is 2. The highest BCUT2D eigenvalue weighted by molar-refractivity contribution is 5.97. The average molecular weight is 412 g/mol. The molecule has 0 N–H and O–H groups in total. The summed E-state index contributed by atoms with van der Waals surface area (Å²) in [6, 6.07) is -0.225. The Bertz CT molecular complexity index is 971. The Morgan fingerprint density at radius 2 is 2.13 bits per heavy atom. The van der Waals surface area contributed by atoms with Crippen LogP contribution >= 0.6 is 0 Å². The lowest BCUT2D eigenvalue weighted by Gasteiger charge is -2.39. The molecular formula is C22H29N5O3. The van der Waals surface area contributed by atoms with Crippen LogP contribution in [0, 0.1) is 25.2 Å². The molecule has 4 heterocycles. The van der Waals surface area contributed by atoms with Crippen molar-refractivity contribution in [3.8, 4) is 0 Å². The van der Waals surface area contributed by atoms with Gasteiger partial charge in [-0.1, -0.05) is 5.16 Å². The molecule has 3 aliphatic rings. The maximum atomic E-state index is 13.6. The summed E-state index contributed by atoms with van der Waals surface area (Å²) in [5.74, 6) is 1.28.